The van der Waals surface area contributed by atoms with Crippen LogP contribution in [0, 0.1) is 0 Å². The number of halogens is 1. The summed E-state index contributed by atoms with van der Waals surface area (Å²) in [5.74, 6) is -0.110. The molecule has 5 heteroatoms. The summed E-state index contributed by atoms with van der Waals surface area (Å²) in [5.41, 5.74) is 6.11. The quantitative estimate of drug-likeness (QED) is 0.343. The van der Waals surface area contributed by atoms with E-state index in [4.69, 9.17) is 21.3 Å². The van der Waals surface area contributed by atoms with E-state index in [0.717, 1.165) is 58.1 Å². The van der Waals surface area contributed by atoms with E-state index in [1.54, 1.807) is 24.3 Å². The molecule has 3 aromatic carbocycles. The molecule has 1 N–H and O–H groups in total. The highest BCUT2D eigenvalue weighted by molar-refractivity contribution is 6.30. The number of hydrogen-bond donors (Lipinski definition) is 1. The first-order valence-electron chi connectivity index (χ1n) is 10.9. The summed E-state index contributed by atoms with van der Waals surface area (Å²) in [5, 5.41) is 11.0. The van der Waals surface area contributed by atoms with Crippen LogP contribution in [0.4, 0.5) is 0 Å². The lowest BCUT2D eigenvalue weighted by Gasteiger charge is -2.22. The van der Waals surface area contributed by atoms with E-state index in [-0.39, 0.29) is 18.3 Å². The first kappa shape index (κ1) is 21.2. The zero-order valence-corrected chi connectivity index (χ0v) is 18.7. The molecule has 0 atom stereocenters. The van der Waals surface area contributed by atoms with Crippen molar-refractivity contribution in [3.05, 3.63) is 106 Å². The molecule has 0 spiro atoms. The Bertz CT molecular complexity index is 1360. The molecular formula is C28H22ClNO3. The van der Waals surface area contributed by atoms with Gasteiger partial charge in [-0.2, -0.15) is 0 Å². The minimum atomic E-state index is -0.342. The highest BCUT2D eigenvalue weighted by atomic mass is 35.5. The fraction of sp³-hybridized carbons (Fsp3) is 0.143. The molecule has 0 aliphatic heterocycles. The summed E-state index contributed by atoms with van der Waals surface area (Å²) >= 11 is 5.96. The molecular weight excluding hydrogens is 434 g/mol. The van der Waals surface area contributed by atoms with Gasteiger partial charge in [0.2, 0.25) is 0 Å². The van der Waals surface area contributed by atoms with E-state index < -0.39 is 0 Å². The van der Waals surface area contributed by atoms with Gasteiger partial charge < -0.3 is 9.84 Å². The van der Waals surface area contributed by atoms with Gasteiger partial charge in [-0.3, -0.25) is 0 Å². The maximum atomic E-state index is 13.4. The van der Waals surface area contributed by atoms with E-state index in [9.17, 15) is 9.90 Å². The van der Waals surface area contributed by atoms with Crippen LogP contribution in [0.15, 0.2) is 72.8 Å². The van der Waals surface area contributed by atoms with Crippen LogP contribution in [-0.2, 0) is 17.8 Å². The minimum absolute atomic E-state index is 0.178. The number of fused-ring (bicyclic) bond motifs is 2. The fourth-order valence-electron chi connectivity index (χ4n) is 4.28. The predicted octanol–water partition coefficient (Wildman–Crippen LogP) is 6.83. The normalized spacial score (nSPS) is 14.3. The third-order valence-electron chi connectivity index (χ3n) is 5.89. The first-order chi connectivity index (χ1) is 16.1. The van der Waals surface area contributed by atoms with Crippen molar-refractivity contribution in [3.63, 3.8) is 0 Å². The molecule has 1 aliphatic rings. The summed E-state index contributed by atoms with van der Waals surface area (Å²) < 4.78 is 5.74. The van der Waals surface area contributed by atoms with Crippen LogP contribution in [-0.4, -0.2) is 16.1 Å². The molecule has 0 bridgehead atoms. The Morgan fingerprint density at radius 2 is 1.76 bits per heavy atom. The average molecular weight is 456 g/mol. The van der Waals surface area contributed by atoms with Gasteiger partial charge in [-0.25, -0.2) is 9.78 Å². The number of phenolic OH excluding ortho intramolecular Hbond substituents is 1. The number of rotatable bonds is 4. The second kappa shape index (κ2) is 9.08. The number of hydrogen-bond acceptors (Lipinski definition) is 4. The third-order valence-corrected chi connectivity index (χ3v) is 6.14. The number of esters is 1. The van der Waals surface area contributed by atoms with Crippen molar-refractivity contribution < 1.29 is 14.6 Å². The smallest absolute Gasteiger partial charge is 0.339 e. The van der Waals surface area contributed by atoms with E-state index in [2.05, 4.69) is 6.08 Å². The van der Waals surface area contributed by atoms with E-state index >= 15 is 0 Å². The molecule has 33 heavy (non-hydrogen) atoms. The molecule has 1 aliphatic carbocycles. The Kier molecular flexibility index (Phi) is 5.84. The Labute approximate surface area is 197 Å². The molecule has 4 nitrogen and oxygen atoms in total. The monoisotopic (exact) mass is 455 g/mol. The summed E-state index contributed by atoms with van der Waals surface area (Å²) in [6.45, 7) is 0.178. The number of pyridine rings is 1. The summed E-state index contributed by atoms with van der Waals surface area (Å²) in [4.78, 5) is 18.3. The Hall–Kier alpha value is -3.63. The number of allylic oxidation sites excluding steroid dienone is 1. The second-order valence-corrected chi connectivity index (χ2v) is 8.58. The number of para-hydroxylation sites is 1. The minimum Gasteiger partial charge on any atom is -0.508 e. The molecule has 0 saturated heterocycles. The van der Waals surface area contributed by atoms with Crippen LogP contribution < -0.4 is 0 Å². The van der Waals surface area contributed by atoms with Crippen molar-refractivity contribution in [1.29, 1.82) is 0 Å². The number of aromatic nitrogens is 1. The van der Waals surface area contributed by atoms with Crippen molar-refractivity contribution in [2.75, 3.05) is 0 Å². The molecule has 1 heterocycles. The van der Waals surface area contributed by atoms with Gasteiger partial charge in [-0.15, -0.1) is 0 Å². The van der Waals surface area contributed by atoms with Crippen LogP contribution in [0.3, 0.4) is 0 Å². The number of carbonyl (C=O) groups excluding carboxylic acids is 1. The van der Waals surface area contributed by atoms with Gasteiger partial charge in [-0.05, 0) is 77.9 Å². The van der Waals surface area contributed by atoms with Crippen LogP contribution in [0.2, 0.25) is 5.02 Å². The topological polar surface area (TPSA) is 59.4 Å². The standard InChI is InChI=1S/C28H22ClNO3/c29-21-12-8-19(9-13-21)17-33-28(32)26-23-5-1-2-7-25(23)30-27-20(4-3-6-24(26)27)16-18-10-14-22(31)15-11-18/h1-2,5,7-16,31H,3-4,6,17H2/b20-16-. The van der Waals surface area contributed by atoms with Gasteiger partial charge in [0.15, 0.2) is 0 Å². The SMILES string of the molecule is O=C(OCc1ccc(Cl)cc1)c1c2c(nc3ccccc13)/C(=C\c1ccc(O)cc1)CCC2. The van der Waals surface area contributed by atoms with Gasteiger partial charge in [0, 0.05) is 10.4 Å². The average Bonchev–Trinajstić information content (AvgIpc) is 2.84. The highest BCUT2D eigenvalue weighted by Gasteiger charge is 2.26. The predicted molar refractivity (Wildman–Crippen MR) is 131 cm³/mol. The molecule has 4 aromatic rings. The van der Waals surface area contributed by atoms with Crippen molar-refractivity contribution in [2.24, 2.45) is 0 Å². The maximum absolute atomic E-state index is 13.4. The molecule has 0 saturated carbocycles. The summed E-state index contributed by atoms with van der Waals surface area (Å²) in [6, 6.07) is 22.1. The molecule has 164 valence electrons. The fourth-order valence-corrected chi connectivity index (χ4v) is 4.41. The lowest BCUT2D eigenvalue weighted by atomic mass is 9.86. The van der Waals surface area contributed by atoms with Crippen LogP contribution in [0.25, 0.3) is 22.6 Å². The number of nitrogens with zero attached hydrogens (tertiary/aromatic N) is 1. The molecule has 0 fully saturated rings. The summed E-state index contributed by atoms with van der Waals surface area (Å²) in [6.07, 6.45) is 4.65. The van der Waals surface area contributed by atoms with E-state index in [0.29, 0.717) is 10.6 Å². The van der Waals surface area contributed by atoms with Crippen LogP contribution in [0.5, 0.6) is 5.75 Å². The largest absolute Gasteiger partial charge is 0.508 e. The Morgan fingerprint density at radius 1 is 1.00 bits per heavy atom. The second-order valence-electron chi connectivity index (χ2n) is 8.15. The zero-order chi connectivity index (χ0) is 22.8. The lowest BCUT2D eigenvalue weighted by molar-refractivity contribution is 0.0473. The number of ether oxygens (including phenoxy) is 1. The number of carbonyl (C=O) groups is 1. The van der Waals surface area contributed by atoms with Gasteiger partial charge in [0.05, 0.1) is 16.8 Å². The number of phenols is 1. The third kappa shape index (κ3) is 4.48. The molecule has 5 rings (SSSR count). The molecule has 0 unspecified atom stereocenters. The zero-order valence-electron chi connectivity index (χ0n) is 17.9. The number of aromatic hydroxyl groups is 1. The van der Waals surface area contributed by atoms with Crippen molar-refractivity contribution in [2.45, 2.75) is 25.9 Å². The van der Waals surface area contributed by atoms with Crippen molar-refractivity contribution in [1.82, 2.24) is 4.98 Å². The molecule has 0 amide bonds. The van der Waals surface area contributed by atoms with Gasteiger partial charge in [0.25, 0.3) is 0 Å². The van der Waals surface area contributed by atoms with E-state index in [1.807, 2.05) is 48.5 Å². The maximum Gasteiger partial charge on any atom is 0.339 e. The van der Waals surface area contributed by atoms with Crippen LogP contribution in [0.1, 0.15) is 45.6 Å². The molecule has 1 aromatic heterocycles. The van der Waals surface area contributed by atoms with E-state index in [1.165, 1.54) is 0 Å². The summed E-state index contributed by atoms with van der Waals surface area (Å²) in [7, 11) is 0. The number of benzene rings is 3. The van der Waals surface area contributed by atoms with Crippen molar-refractivity contribution >= 4 is 40.1 Å². The van der Waals surface area contributed by atoms with Crippen LogP contribution >= 0.6 is 11.6 Å². The molecule has 0 radical (unpaired) electrons. The van der Waals surface area contributed by atoms with Gasteiger partial charge >= 0.3 is 5.97 Å². The van der Waals surface area contributed by atoms with Gasteiger partial charge in [-0.1, -0.05) is 54.1 Å². The first-order valence-corrected chi connectivity index (χ1v) is 11.3. The van der Waals surface area contributed by atoms with Gasteiger partial charge in [0.1, 0.15) is 12.4 Å². The Morgan fingerprint density at radius 3 is 2.55 bits per heavy atom. The van der Waals surface area contributed by atoms with Crippen molar-refractivity contribution in [3.8, 4) is 5.75 Å². The lowest BCUT2D eigenvalue weighted by Crippen LogP contribution is -2.15. The highest BCUT2D eigenvalue weighted by Crippen LogP contribution is 2.36. The Balaban J connectivity index is 1.56.